The van der Waals surface area contributed by atoms with E-state index in [9.17, 15) is 17.6 Å². The minimum Gasteiger partial charge on any atom is -0.307 e. The molecule has 20 heavy (non-hydrogen) atoms. The summed E-state index contributed by atoms with van der Waals surface area (Å²) in [5, 5.41) is 2.97. The average Bonchev–Trinajstić information content (AvgIpc) is 2.38. The summed E-state index contributed by atoms with van der Waals surface area (Å²) in [7, 11) is 0. The summed E-state index contributed by atoms with van der Waals surface area (Å²) < 4.78 is 52.7. The summed E-state index contributed by atoms with van der Waals surface area (Å²) in [5.74, 6) is -1.71. The van der Waals surface area contributed by atoms with Crippen LogP contribution < -0.4 is 5.32 Å². The Morgan fingerprint density at radius 1 is 1.15 bits per heavy atom. The van der Waals surface area contributed by atoms with E-state index in [1.54, 1.807) is 25.1 Å². The Balaban J connectivity index is 2.09. The zero-order chi connectivity index (χ0) is 14.8. The molecule has 0 heterocycles. The van der Waals surface area contributed by atoms with Gasteiger partial charge in [-0.25, -0.2) is 4.39 Å². The first-order valence-corrected chi connectivity index (χ1v) is 6.97. The zero-order valence-electron chi connectivity index (χ0n) is 11.4. The van der Waals surface area contributed by atoms with Crippen LogP contribution in [0.15, 0.2) is 24.3 Å². The summed E-state index contributed by atoms with van der Waals surface area (Å²) in [6.07, 6.45) is -2.15. The summed E-state index contributed by atoms with van der Waals surface area (Å²) in [6.45, 7) is 1.71. The fourth-order valence-electron chi connectivity index (χ4n) is 2.96. The lowest BCUT2D eigenvalue weighted by atomic mass is 9.83. The molecule has 1 N–H and O–H groups in total. The minimum atomic E-state index is -4.19. The Morgan fingerprint density at radius 2 is 1.80 bits per heavy atom. The lowest BCUT2D eigenvalue weighted by molar-refractivity contribution is -0.189. The van der Waals surface area contributed by atoms with Gasteiger partial charge in [0, 0.05) is 17.6 Å². The van der Waals surface area contributed by atoms with Crippen molar-refractivity contribution in [3.8, 4) is 0 Å². The van der Waals surface area contributed by atoms with Gasteiger partial charge in [0.15, 0.2) is 0 Å². The fraction of sp³-hybridized carbons (Fsp3) is 0.600. The van der Waals surface area contributed by atoms with Crippen LogP contribution in [0.2, 0.25) is 0 Å². The van der Waals surface area contributed by atoms with Crippen molar-refractivity contribution in [2.45, 2.75) is 50.9 Å². The summed E-state index contributed by atoms with van der Waals surface area (Å²) in [5.41, 5.74) is 0.416. The van der Waals surface area contributed by atoms with E-state index in [2.05, 4.69) is 5.32 Å². The molecule has 2 rings (SSSR count). The molecule has 2 unspecified atom stereocenters. The topological polar surface area (TPSA) is 12.0 Å². The van der Waals surface area contributed by atoms with Crippen molar-refractivity contribution in [2.75, 3.05) is 0 Å². The van der Waals surface area contributed by atoms with Crippen molar-refractivity contribution in [3.05, 3.63) is 35.6 Å². The second kappa shape index (κ2) is 6.12. The first-order valence-electron chi connectivity index (χ1n) is 6.97. The van der Waals surface area contributed by atoms with Crippen LogP contribution >= 0.6 is 0 Å². The van der Waals surface area contributed by atoms with E-state index in [0.717, 1.165) is 6.42 Å². The Labute approximate surface area is 116 Å². The average molecular weight is 289 g/mol. The third-order valence-electron chi connectivity index (χ3n) is 4.02. The number of hydrogen-bond acceptors (Lipinski definition) is 1. The molecule has 0 aromatic heterocycles. The highest BCUT2D eigenvalue weighted by Gasteiger charge is 2.45. The fourth-order valence-corrected chi connectivity index (χ4v) is 2.96. The van der Waals surface area contributed by atoms with E-state index in [4.69, 9.17) is 0 Å². The van der Waals surface area contributed by atoms with Crippen LogP contribution in [0.25, 0.3) is 0 Å². The van der Waals surface area contributed by atoms with E-state index < -0.39 is 24.2 Å². The number of nitrogens with one attached hydrogen (secondary N) is 1. The first kappa shape index (κ1) is 15.3. The van der Waals surface area contributed by atoms with E-state index >= 15 is 0 Å². The van der Waals surface area contributed by atoms with E-state index in [0.29, 0.717) is 18.4 Å². The van der Waals surface area contributed by atoms with Gasteiger partial charge < -0.3 is 5.32 Å². The van der Waals surface area contributed by atoms with Gasteiger partial charge in [-0.05, 0) is 25.8 Å². The maximum atomic E-state index is 13.7. The molecule has 1 saturated carbocycles. The van der Waals surface area contributed by atoms with Gasteiger partial charge in [0.25, 0.3) is 0 Å². The highest BCUT2D eigenvalue weighted by atomic mass is 19.4. The number of alkyl halides is 3. The molecule has 0 saturated heterocycles. The molecule has 0 aliphatic heterocycles. The van der Waals surface area contributed by atoms with E-state index in [1.807, 2.05) is 0 Å². The maximum absolute atomic E-state index is 13.7. The SMILES string of the molecule is C[C@@H](NC1CCCCC1C(F)(F)F)c1ccccc1F. The van der Waals surface area contributed by atoms with Crippen molar-refractivity contribution >= 4 is 0 Å². The molecule has 0 bridgehead atoms. The third-order valence-corrected chi connectivity index (χ3v) is 4.02. The van der Waals surface area contributed by atoms with Crippen molar-refractivity contribution in [3.63, 3.8) is 0 Å². The standard InChI is InChI=1S/C15H19F4N/c1-10(11-6-2-4-8-13(11)16)20-14-9-5-3-7-12(14)15(17,18)19/h2,4,6,8,10,12,14,20H,3,5,7,9H2,1H3/t10-,12?,14?/m1/s1. The molecule has 112 valence electrons. The number of halogens is 4. The van der Waals surface area contributed by atoms with Crippen molar-refractivity contribution < 1.29 is 17.6 Å². The lowest BCUT2D eigenvalue weighted by Crippen LogP contribution is -2.46. The predicted molar refractivity (Wildman–Crippen MR) is 69.8 cm³/mol. The first-order chi connectivity index (χ1) is 9.39. The molecular weight excluding hydrogens is 270 g/mol. The van der Waals surface area contributed by atoms with E-state index in [-0.39, 0.29) is 12.2 Å². The smallest absolute Gasteiger partial charge is 0.307 e. The van der Waals surface area contributed by atoms with Gasteiger partial charge in [-0.1, -0.05) is 31.0 Å². The van der Waals surface area contributed by atoms with Crippen molar-refractivity contribution in [1.82, 2.24) is 5.32 Å². The van der Waals surface area contributed by atoms with Crippen LogP contribution in [0.3, 0.4) is 0 Å². The maximum Gasteiger partial charge on any atom is 0.393 e. The van der Waals surface area contributed by atoms with Crippen molar-refractivity contribution in [2.24, 2.45) is 5.92 Å². The lowest BCUT2D eigenvalue weighted by Gasteiger charge is -2.35. The predicted octanol–water partition coefficient (Wildman–Crippen LogP) is 4.60. The molecule has 5 heteroatoms. The molecule has 0 amide bonds. The van der Waals surface area contributed by atoms with Gasteiger partial charge in [0.1, 0.15) is 5.82 Å². The number of rotatable bonds is 3. The molecule has 1 nitrogen and oxygen atoms in total. The summed E-state index contributed by atoms with van der Waals surface area (Å²) in [6, 6.07) is 5.15. The van der Waals surface area contributed by atoms with Gasteiger partial charge in [-0.15, -0.1) is 0 Å². The van der Waals surface area contributed by atoms with E-state index in [1.165, 1.54) is 6.07 Å². The minimum absolute atomic E-state index is 0.158. The number of benzene rings is 1. The Bertz CT molecular complexity index is 444. The normalized spacial score (nSPS) is 25.4. The molecule has 0 spiro atoms. The van der Waals surface area contributed by atoms with Crippen molar-refractivity contribution in [1.29, 1.82) is 0 Å². The van der Waals surface area contributed by atoms with Gasteiger partial charge in [0.05, 0.1) is 5.92 Å². The molecular formula is C15H19F4N. The number of hydrogen-bond donors (Lipinski definition) is 1. The molecule has 1 aliphatic rings. The van der Waals surface area contributed by atoms with Crippen LogP contribution in [0, 0.1) is 11.7 Å². The third kappa shape index (κ3) is 3.51. The highest BCUT2D eigenvalue weighted by molar-refractivity contribution is 5.20. The molecule has 1 aromatic carbocycles. The largest absolute Gasteiger partial charge is 0.393 e. The van der Waals surface area contributed by atoms with Gasteiger partial charge in [0.2, 0.25) is 0 Å². The molecule has 0 radical (unpaired) electrons. The molecule has 1 aromatic rings. The molecule has 3 atom stereocenters. The molecule has 1 fully saturated rings. The van der Waals surface area contributed by atoms with Crippen LogP contribution in [-0.2, 0) is 0 Å². The highest BCUT2D eigenvalue weighted by Crippen LogP contribution is 2.38. The summed E-state index contributed by atoms with van der Waals surface area (Å²) in [4.78, 5) is 0. The quantitative estimate of drug-likeness (QED) is 0.802. The Morgan fingerprint density at radius 3 is 2.45 bits per heavy atom. The van der Waals surface area contributed by atoms with Crippen LogP contribution in [0.1, 0.15) is 44.2 Å². The van der Waals surface area contributed by atoms with Gasteiger partial charge in [-0.2, -0.15) is 13.2 Å². The second-order valence-corrected chi connectivity index (χ2v) is 5.45. The van der Waals surface area contributed by atoms with Crippen LogP contribution in [0.4, 0.5) is 17.6 Å². The van der Waals surface area contributed by atoms with Gasteiger partial charge >= 0.3 is 6.18 Å². The zero-order valence-corrected chi connectivity index (χ0v) is 11.4. The Hall–Kier alpha value is -1.10. The molecule has 1 aliphatic carbocycles. The second-order valence-electron chi connectivity index (χ2n) is 5.45. The van der Waals surface area contributed by atoms with Crippen LogP contribution in [-0.4, -0.2) is 12.2 Å². The van der Waals surface area contributed by atoms with Gasteiger partial charge in [-0.3, -0.25) is 0 Å². The monoisotopic (exact) mass is 289 g/mol. The summed E-state index contributed by atoms with van der Waals surface area (Å²) >= 11 is 0. The Kier molecular flexibility index (Phi) is 4.68. The van der Waals surface area contributed by atoms with Crippen LogP contribution in [0.5, 0.6) is 0 Å².